The van der Waals surface area contributed by atoms with Gasteiger partial charge >= 0.3 is 0 Å². The fourth-order valence-electron chi connectivity index (χ4n) is 1.32. The molecular formula is C18H32. The summed E-state index contributed by atoms with van der Waals surface area (Å²) < 4.78 is 0. The van der Waals surface area contributed by atoms with E-state index in [1.165, 1.54) is 16.7 Å². The summed E-state index contributed by atoms with van der Waals surface area (Å²) in [5.74, 6) is 0. The van der Waals surface area contributed by atoms with Crippen LogP contribution in [0.2, 0.25) is 0 Å². The van der Waals surface area contributed by atoms with Crippen molar-refractivity contribution in [2.45, 2.75) is 55.4 Å². The zero-order chi connectivity index (χ0) is 15.1. The van der Waals surface area contributed by atoms with Crippen molar-refractivity contribution in [1.29, 1.82) is 0 Å². The van der Waals surface area contributed by atoms with Gasteiger partial charge < -0.3 is 0 Å². The Bertz CT molecular complexity index is 319. The topological polar surface area (TPSA) is 0 Å². The van der Waals surface area contributed by atoms with Crippen LogP contribution in [-0.4, -0.2) is 0 Å². The maximum atomic E-state index is 3.93. The number of hydrogen-bond acceptors (Lipinski definition) is 0. The average molecular weight is 248 g/mol. The van der Waals surface area contributed by atoms with Crippen LogP contribution in [0.1, 0.15) is 65.2 Å². The van der Waals surface area contributed by atoms with E-state index >= 15 is 0 Å². The molecule has 0 nitrogen and oxygen atoms in total. The number of benzene rings is 1. The molecule has 0 aliphatic heterocycles. The van der Waals surface area contributed by atoms with Gasteiger partial charge in [0.1, 0.15) is 0 Å². The van der Waals surface area contributed by atoms with Crippen LogP contribution >= 0.6 is 0 Å². The number of allylic oxidation sites excluding steroid dienone is 1. The lowest BCUT2D eigenvalue weighted by molar-refractivity contribution is 1.41. The molecule has 0 N–H and O–H groups in total. The Hall–Kier alpha value is -1.30. The third-order valence-electron chi connectivity index (χ3n) is 1.99. The van der Waals surface area contributed by atoms with Gasteiger partial charge in [-0.15, -0.1) is 0 Å². The second-order valence-corrected chi connectivity index (χ2v) is 3.02. The predicted molar refractivity (Wildman–Crippen MR) is 90.0 cm³/mol. The van der Waals surface area contributed by atoms with Gasteiger partial charge in [0.25, 0.3) is 0 Å². The number of rotatable bonds is 2. The van der Waals surface area contributed by atoms with Crippen LogP contribution in [0, 0.1) is 6.92 Å². The second kappa shape index (κ2) is 15.7. The molecule has 104 valence electrons. The van der Waals surface area contributed by atoms with Crippen LogP contribution in [0.25, 0.3) is 11.6 Å². The van der Waals surface area contributed by atoms with E-state index in [0.29, 0.717) is 0 Å². The van der Waals surface area contributed by atoms with Crippen molar-refractivity contribution >= 4 is 11.6 Å². The summed E-state index contributed by atoms with van der Waals surface area (Å²) in [4.78, 5) is 0. The van der Waals surface area contributed by atoms with Crippen molar-refractivity contribution in [3.8, 4) is 0 Å². The fraction of sp³-hybridized carbons (Fsp3) is 0.444. The van der Waals surface area contributed by atoms with Gasteiger partial charge in [0.05, 0.1) is 0 Å². The summed E-state index contributed by atoms with van der Waals surface area (Å²) in [5, 5.41) is 0. The van der Waals surface area contributed by atoms with Gasteiger partial charge in [-0.2, -0.15) is 0 Å². The quantitative estimate of drug-likeness (QED) is 0.543. The molecule has 1 aromatic rings. The van der Waals surface area contributed by atoms with Crippen LogP contribution in [0.15, 0.2) is 31.4 Å². The van der Waals surface area contributed by atoms with Crippen molar-refractivity contribution in [2.24, 2.45) is 0 Å². The third-order valence-corrected chi connectivity index (χ3v) is 1.99. The average Bonchev–Trinajstić information content (AvgIpc) is 2.45. The zero-order valence-electron chi connectivity index (χ0n) is 13.7. The van der Waals surface area contributed by atoms with Gasteiger partial charge in [-0.25, -0.2) is 0 Å². The van der Waals surface area contributed by atoms with Crippen molar-refractivity contribution in [1.82, 2.24) is 0 Å². The molecule has 0 aromatic heterocycles. The molecule has 0 aliphatic rings. The largest absolute Gasteiger partial charge is 0.0984 e. The van der Waals surface area contributed by atoms with Gasteiger partial charge in [-0.05, 0) is 30.5 Å². The minimum absolute atomic E-state index is 1.09. The van der Waals surface area contributed by atoms with Gasteiger partial charge in [0.2, 0.25) is 0 Å². The van der Waals surface area contributed by atoms with Crippen molar-refractivity contribution in [2.75, 3.05) is 0 Å². The van der Waals surface area contributed by atoms with E-state index in [2.05, 4.69) is 32.2 Å². The molecule has 1 aromatic carbocycles. The number of aryl methyl sites for hydroxylation is 1. The summed E-state index contributed by atoms with van der Waals surface area (Å²) in [6.07, 6.45) is 1.89. The molecule has 0 heteroatoms. The first kappa shape index (κ1) is 21.9. The summed E-state index contributed by atoms with van der Waals surface area (Å²) in [7, 11) is 0. The van der Waals surface area contributed by atoms with Crippen LogP contribution in [0.3, 0.4) is 0 Å². The molecule has 1 rings (SSSR count). The lowest BCUT2D eigenvalue weighted by Gasteiger charge is -2.07. The molecule has 0 saturated carbocycles. The van der Waals surface area contributed by atoms with Crippen LogP contribution < -0.4 is 0 Å². The Morgan fingerprint density at radius 2 is 1.44 bits per heavy atom. The normalized spacial score (nSPS) is 7.33. The highest BCUT2D eigenvalue weighted by Crippen LogP contribution is 2.21. The van der Waals surface area contributed by atoms with Crippen LogP contribution in [0.5, 0.6) is 0 Å². The van der Waals surface area contributed by atoms with E-state index in [0.717, 1.165) is 5.57 Å². The highest BCUT2D eigenvalue weighted by Gasteiger charge is 2.01. The molecule has 0 spiro atoms. The van der Waals surface area contributed by atoms with E-state index in [9.17, 15) is 0 Å². The molecule has 0 fully saturated rings. The predicted octanol–water partition coefficient (Wildman–Crippen LogP) is 6.75. The monoisotopic (exact) mass is 248 g/mol. The Labute approximate surface area is 115 Å². The summed E-state index contributed by atoms with van der Waals surface area (Å²) in [6.45, 7) is 23.8. The Morgan fingerprint density at radius 1 is 1.00 bits per heavy atom. The molecule has 18 heavy (non-hydrogen) atoms. The highest BCUT2D eigenvalue weighted by atomic mass is 14.1. The maximum absolute atomic E-state index is 3.93. The van der Waals surface area contributed by atoms with E-state index in [-0.39, 0.29) is 0 Å². The highest BCUT2D eigenvalue weighted by molar-refractivity contribution is 5.73. The Balaban J connectivity index is -0.000000328. The van der Waals surface area contributed by atoms with Crippen LogP contribution in [0.4, 0.5) is 0 Å². The van der Waals surface area contributed by atoms with Gasteiger partial charge in [-0.3, -0.25) is 0 Å². The third kappa shape index (κ3) is 7.89. The molecule has 0 saturated heterocycles. The molecule has 0 heterocycles. The van der Waals surface area contributed by atoms with E-state index in [4.69, 9.17) is 0 Å². The lowest BCUT2D eigenvalue weighted by atomic mass is 9.98. The van der Waals surface area contributed by atoms with Crippen LogP contribution in [-0.2, 0) is 0 Å². The number of hydrogen-bond donors (Lipinski definition) is 0. The van der Waals surface area contributed by atoms with Gasteiger partial charge in [0.15, 0.2) is 0 Å². The summed E-state index contributed by atoms with van der Waals surface area (Å²) in [6, 6.07) is 6.21. The summed E-state index contributed by atoms with van der Waals surface area (Å²) in [5.41, 5.74) is 4.74. The Morgan fingerprint density at radius 3 is 1.72 bits per heavy atom. The molecule has 0 amide bonds. The fourth-order valence-corrected chi connectivity index (χ4v) is 1.32. The first-order chi connectivity index (χ1) is 8.66. The molecule has 0 radical (unpaired) electrons. The minimum atomic E-state index is 1.09. The summed E-state index contributed by atoms with van der Waals surface area (Å²) >= 11 is 0. The standard InChI is InChI=1S/C12H14.3C2H6/c1-5-11-10(4)7-6-8-12(11)9(2)3;3*1-2/h5-8H,1-2H2,3-4H3;3*1-2H3. The van der Waals surface area contributed by atoms with Gasteiger partial charge in [0, 0.05) is 0 Å². The lowest BCUT2D eigenvalue weighted by Crippen LogP contribution is -1.87. The first-order valence-corrected chi connectivity index (χ1v) is 7.04. The molecule has 0 unspecified atom stereocenters. The molecule has 0 aliphatic carbocycles. The van der Waals surface area contributed by atoms with Gasteiger partial charge in [-0.1, -0.05) is 84.5 Å². The Kier molecular flexibility index (Phi) is 19.1. The smallest absolute Gasteiger partial charge is 0.0158 e. The van der Waals surface area contributed by atoms with E-state index in [1.807, 2.05) is 60.6 Å². The first-order valence-electron chi connectivity index (χ1n) is 7.04. The SMILES string of the molecule is C=Cc1c(C)cccc1C(=C)C.CC.CC.CC. The van der Waals surface area contributed by atoms with Crippen molar-refractivity contribution in [3.05, 3.63) is 48.0 Å². The van der Waals surface area contributed by atoms with E-state index < -0.39 is 0 Å². The molecule has 0 atom stereocenters. The van der Waals surface area contributed by atoms with Crippen molar-refractivity contribution < 1.29 is 0 Å². The molecular weight excluding hydrogens is 216 g/mol. The maximum Gasteiger partial charge on any atom is -0.0158 e. The van der Waals surface area contributed by atoms with Crippen molar-refractivity contribution in [3.63, 3.8) is 0 Å². The zero-order valence-corrected chi connectivity index (χ0v) is 13.7. The second-order valence-electron chi connectivity index (χ2n) is 3.02. The minimum Gasteiger partial charge on any atom is -0.0984 e. The van der Waals surface area contributed by atoms with E-state index in [1.54, 1.807) is 0 Å². The molecule has 0 bridgehead atoms.